The van der Waals surface area contributed by atoms with Gasteiger partial charge < -0.3 is 0 Å². The van der Waals surface area contributed by atoms with Crippen molar-refractivity contribution in [3.05, 3.63) is 23.8 Å². The second-order valence-corrected chi connectivity index (χ2v) is 2.51. The lowest BCUT2D eigenvalue weighted by Crippen LogP contribution is -1.84. The van der Waals surface area contributed by atoms with Gasteiger partial charge in [-0.25, -0.2) is 9.97 Å². The fraction of sp³-hybridized carbons (Fsp3) is 0.556. The minimum Gasteiger partial charge on any atom is -0.241 e. The van der Waals surface area contributed by atoms with Crippen molar-refractivity contribution in [2.45, 2.75) is 34.1 Å². The van der Waals surface area contributed by atoms with Crippen LogP contribution in [0.2, 0.25) is 0 Å². The second kappa shape index (κ2) is 5.83. The largest absolute Gasteiger partial charge is 0.241 e. The molecule has 1 aromatic heterocycles. The first-order valence-corrected chi connectivity index (χ1v) is 3.96. The first kappa shape index (κ1) is 10.1. The number of rotatable bonds is 0. The first-order valence-electron chi connectivity index (χ1n) is 3.96. The van der Waals surface area contributed by atoms with Crippen molar-refractivity contribution < 1.29 is 0 Å². The van der Waals surface area contributed by atoms with E-state index in [0.717, 1.165) is 11.4 Å². The highest BCUT2D eigenvalue weighted by atomic mass is 14.8. The standard InChI is InChI=1S/C6H8N2.C3H8/c1-5-3-7-6(2)8-4-5;1-3-2/h3-4H,1-2H3;3H2,1-2H3. The molecule has 2 nitrogen and oxygen atoms in total. The molecule has 11 heavy (non-hydrogen) atoms. The van der Waals surface area contributed by atoms with Gasteiger partial charge in [0.25, 0.3) is 0 Å². The van der Waals surface area contributed by atoms with Crippen molar-refractivity contribution in [1.29, 1.82) is 0 Å². The van der Waals surface area contributed by atoms with E-state index in [1.54, 1.807) is 0 Å². The van der Waals surface area contributed by atoms with E-state index in [1.165, 1.54) is 6.42 Å². The van der Waals surface area contributed by atoms with Crippen molar-refractivity contribution in [3.63, 3.8) is 0 Å². The first-order chi connectivity index (χ1) is 5.20. The Balaban J connectivity index is 0.000000292. The van der Waals surface area contributed by atoms with Crippen LogP contribution in [0.3, 0.4) is 0 Å². The Morgan fingerprint density at radius 3 is 1.73 bits per heavy atom. The summed E-state index contributed by atoms with van der Waals surface area (Å²) in [6, 6.07) is 0. The summed E-state index contributed by atoms with van der Waals surface area (Å²) >= 11 is 0. The zero-order valence-corrected chi connectivity index (χ0v) is 7.76. The minimum absolute atomic E-state index is 0.829. The highest BCUT2D eigenvalue weighted by Crippen LogP contribution is 1.89. The summed E-state index contributed by atoms with van der Waals surface area (Å²) in [6.45, 7) is 8.10. The summed E-state index contributed by atoms with van der Waals surface area (Å²) in [5.74, 6) is 0.829. The Morgan fingerprint density at radius 2 is 1.45 bits per heavy atom. The Morgan fingerprint density at radius 1 is 1.09 bits per heavy atom. The molecule has 0 amide bonds. The third-order valence-corrected chi connectivity index (χ3v) is 0.910. The maximum atomic E-state index is 3.97. The molecule has 0 spiro atoms. The molecule has 0 N–H and O–H groups in total. The highest BCUT2D eigenvalue weighted by molar-refractivity contribution is 5.00. The van der Waals surface area contributed by atoms with Gasteiger partial charge in [-0.1, -0.05) is 20.3 Å². The van der Waals surface area contributed by atoms with Crippen molar-refractivity contribution in [1.82, 2.24) is 9.97 Å². The smallest absolute Gasteiger partial charge is 0.125 e. The fourth-order valence-electron chi connectivity index (χ4n) is 0.457. The van der Waals surface area contributed by atoms with Crippen molar-refractivity contribution >= 4 is 0 Å². The molecule has 0 saturated carbocycles. The highest BCUT2D eigenvalue weighted by Gasteiger charge is 1.82. The molecule has 0 atom stereocenters. The molecule has 1 aromatic rings. The third-order valence-electron chi connectivity index (χ3n) is 0.910. The predicted molar refractivity (Wildman–Crippen MR) is 47.5 cm³/mol. The van der Waals surface area contributed by atoms with Crippen LogP contribution in [0.4, 0.5) is 0 Å². The molecule has 0 unspecified atom stereocenters. The van der Waals surface area contributed by atoms with Crippen LogP contribution in [0.5, 0.6) is 0 Å². The molecule has 62 valence electrons. The van der Waals surface area contributed by atoms with E-state index in [0.29, 0.717) is 0 Å². The normalized spacial score (nSPS) is 8.36. The Hall–Kier alpha value is -0.920. The summed E-state index contributed by atoms with van der Waals surface area (Å²) in [5, 5.41) is 0. The lowest BCUT2D eigenvalue weighted by molar-refractivity contribution is 1.03. The topological polar surface area (TPSA) is 25.8 Å². The SMILES string of the molecule is CCC.Cc1cnc(C)nc1. The number of nitrogens with zero attached hydrogens (tertiary/aromatic N) is 2. The molecule has 0 saturated heterocycles. The van der Waals surface area contributed by atoms with Crippen LogP contribution in [0.25, 0.3) is 0 Å². The summed E-state index contributed by atoms with van der Waals surface area (Å²) < 4.78 is 0. The number of hydrogen-bond donors (Lipinski definition) is 0. The fourth-order valence-corrected chi connectivity index (χ4v) is 0.457. The van der Waals surface area contributed by atoms with Crippen LogP contribution < -0.4 is 0 Å². The zero-order chi connectivity index (χ0) is 8.69. The third kappa shape index (κ3) is 5.52. The Kier molecular flexibility index (Phi) is 5.35. The van der Waals surface area contributed by atoms with Crippen molar-refractivity contribution in [3.8, 4) is 0 Å². The van der Waals surface area contributed by atoms with Crippen molar-refractivity contribution in [2.75, 3.05) is 0 Å². The van der Waals surface area contributed by atoms with Crippen LogP contribution in [0.1, 0.15) is 31.7 Å². The molecule has 0 aliphatic rings. The average Bonchev–Trinajstić information content (AvgIpc) is 1.97. The van der Waals surface area contributed by atoms with Gasteiger partial charge in [0.1, 0.15) is 5.82 Å². The second-order valence-electron chi connectivity index (χ2n) is 2.51. The van der Waals surface area contributed by atoms with Crippen LogP contribution in [0, 0.1) is 13.8 Å². The lowest BCUT2D eigenvalue weighted by Gasteiger charge is -1.88. The van der Waals surface area contributed by atoms with Gasteiger partial charge in [0.05, 0.1) is 0 Å². The molecule has 0 bridgehead atoms. The van der Waals surface area contributed by atoms with Crippen LogP contribution >= 0.6 is 0 Å². The summed E-state index contributed by atoms with van der Waals surface area (Å²) in [5.41, 5.74) is 1.11. The van der Waals surface area contributed by atoms with E-state index in [4.69, 9.17) is 0 Å². The van der Waals surface area contributed by atoms with Crippen LogP contribution in [0.15, 0.2) is 12.4 Å². The number of aryl methyl sites for hydroxylation is 2. The maximum absolute atomic E-state index is 3.97. The molecule has 0 aliphatic carbocycles. The molecule has 1 heterocycles. The van der Waals surface area contributed by atoms with Gasteiger partial charge >= 0.3 is 0 Å². The van der Waals surface area contributed by atoms with E-state index in [-0.39, 0.29) is 0 Å². The molecule has 0 fully saturated rings. The van der Waals surface area contributed by atoms with E-state index in [9.17, 15) is 0 Å². The molecule has 1 rings (SSSR count). The average molecular weight is 152 g/mol. The van der Waals surface area contributed by atoms with Gasteiger partial charge in [0.2, 0.25) is 0 Å². The Bertz CT molecular complexity index is 158. The predicted octanol–water partition coefficient (Wildman–Crippen LogP) is 2.51. The summed E-state index contributed by atoms with van der Waals surface area (Å²) in [7, 11) is 0. The van der Waals surface area contributed by atoms with Crippen LogP contribution in [-0.4, -0.2) is 9.97 Å². The quantitative estimate of drug-likeness (QED) is 0.571. The lowest BCUT2D eigenvalue weighted by atomic mass is 10.4. The van der Waals surface area contributed by atoms with Gasteiger partial charge in [-0.15, -0.1) is 0 Å². The maximum Gasteiger partial charge on any atom is 0.125 e. The zero-order valence-electron chi connectivity index (χ0n) is 7.76. The van der Waals surface area contributed by atoms with E-state index < -0.39 is 0 Å². The van der Waals surface area contributed by atoms with Crippen molar-refractivity contribution in [2.24, 2.45) is 0 Å². The number of hydrogen-bond acceptors (Lipinski definition) is 2. The molecule has 2 heteroatoms. The monoisotopic (exact) mass is 152 g/mol. The molecule has 0 aliphatic heterocycles. The van der Waals surface area contributed by atoms with Crippen LogP contribution in [-0.2, 0) is 0 Å². The number of aromatic nitrogens is 2. The van der Waals surface area contributed by atoms with Gasteiger partial charge in [-0.2, -0.15) is 0 Å². The molecular formula is C9H16N2. The summed E-state index contributed by atoms with van der Waals surface area (Å²) in [6.07, 6.45) is 4.87. The Labute approximate surface area is 68.7 Å². The summed E-state index contributed by atoms with van der Waals surface area (Å²) in [4.78, 5) is 7.94. The van der Waals surface area contributed by atoms with E-state index >= 15 is 0 Å². The van der Waals surface area contributed by atoms with Gasteiger partial charge in [-0.3, -0.25) is 0 Å². The van der Waals surface area contributed by atoms with Gasteiger partial charge in [0, 0.05) is 12.4 Å². The molecule has 0 aromatic carbocycles. The van der Waals surface area contributed by atoms with Gasteiger partial charge in [0.15, 0.2) is 0 Å². The minimum atomic E-state index is 0.829. The van der Waals surface area contributed by atoms with E-state index in [1.807, 2.05) is 26.2 Å². The molecule has 0 radical (unpaired) electrons. The van der Waals surface area contributed by atoms with Gasteiger partial charge in [-0.05, 0) is 19.4 Å². The molecular weight excluding hydrogens is 136 g/mol. The van der Waals surface area contributed by atoms with E-state index in [2.05, 4.69) is 23.8 Å².